The fourth-order valence-electron chi connectivity index (χ4n) is 2.45. The highest BCUT2D eigenvalue weighted by atomic mass is 35.5. The lowest BCUT2D eigenvalue weighted by atomic mass is 9.73. The second-order valence-electron chi connectivity index (χ2n) is 5.49. The number of aromatic nitrogens is 2. The summed E-state index contributed by atoms with van der Waals surface area (Å²) in [5, 5.41) is 3.29. The van der Waals surface area contributed by atoms with E-state index in [4.69, 9.17) is 11.6 Å². The van der Waals surface area contributed by atoms with E-state index in [2.05, 4.69) is 29.1 Å². The number of carbonyl (C=O) groups is 1. The Labute approximate surface area is 112 Å². The van der Waals surface area contributed by atoms with E-state index in [1.807, 2.05) is 0 Å². The van der Waals surface area contributed by atoms with Crippen LogP contribution in [0.15, 0.2) is 12.4 Å². The molecular weight excluding hydrogens is 250 g/mol. The minimum atomic E-state index is -0.190. The van der Waals surface area contributed by atoms with Crippen molar-refractivity contribution in [2.45, 2.75) is 45.6 Å². The molecule has 1 unspecified atom stereocenters. The number of hydrogen-bond donors (Lipinski definition) is 1. The predicted molar refractivity (Wildman–Crippen MR) is 70.5 cm³/mol. The van der Waals surface area contributed by atoms with Crippen molar-refractivity contribution in [1.82, 2.24) is 15.3 Å². The summed E-state index contributed by atoms with van der Waals surface area (Å²) < 4.78 is 0. The molecule has 5 heteroatoms. The molecule has 2 rings (SSSR count). The number of nitrogens with one attached hydrogen (secondary N) is 1. The van der Waals surface area contributed by atoms with Crippen LogP contribution < -0.4 is 5.32 Å². The molecule has 1 N–H and O–H groups in total. The second-order valence-corrected chi connectivity index (χ2v) is 5.87. The van der Waals surface area contributed by atoms with Gasteiger partial charge in [0.25, 0.3) is 5.91 Å². The fourth-order valence-corrected chi connectivity index (χ4v) is 2.59. The largest absolute Gasteiger partial charge is 0.347 e. The molecule has 18 heavy (non-hydrogen) atoms. The summed E-state index contributed by atoms with van der Waals surface area (Å²) in [6, 6.07) is 0.194. The maximum absolute atomic E-state index is 12.1. The maximum Gasteiger partial charge on any atom is 0.271 e. The highest BCUT2D eigenvalue weighted by molar-refractivity contribution is 6.29. The number of hydrogen-bond acceptors (Lipinski definition) is 3. The van der Waals surface area contributed by atoms with E-state index in [0.717, 1.165) is 19.3 Å². The zero-order valence-corrected chi connectivity index (χ0v) is 11.5. The van der Waals surface area contributed by atoms with Gasteiger partial charge in [-0.25, -0.2) is 4.98 Å². The van der Waals surface area contributed by atoms with Crippen molar-refractivity contribution >= 4 is 17.5 Å². The molecular formula is C13H18ClN3O. The van der Waals surface area contributed by atoms with Crippen molar-refractivity contribution in [2.75, 3.05) is 0 Å². The quantitative estimate of drug-likeness (QED) is 0.896. The fraction of sp³-hybridized carbons (Fsp3) is 0.615. The molecule has 0 saturated heterocycles. The van der Waals surface area contributed by atoms with Gasteiger partial charge >= 0.3 is 0 Å². The number of carbonyl (C=O) groups excluding carboxylic acids is 1. The highest BCUT2D eigenvalue weighted by Gasteiger charge is 2.33. The van der Waals surface area contributed by atoms with Gasteiger partial charge in [0, 0.05) is 6.04 Å². The van der Waals surface area contributed by atoms with Crippen molar-refractivity contribution in [3.63, 3.8) is 0 Å². The van der Waals surface area contributed by atoms with Gasteiger partial charge in [0.05, 0.1) is 12.4 Å². The Morgan fingerprint density at radius 1 is 1.44 bits per heavy atom. The first-order valence-corrected chi connectivity index (χ1v) is 6.65. The van der Waals surface area contributed by atoms with Crippen LogP contribution in [-0.2, 0) is 0 Å². The van der Waals surface area contributed by atoms with Gasteiger partial charge in [-0.3, -0.25) is 9.78 Å². The lowest BCUT2D eigenvalue weighted by Crippen LogP contribution is -2.47. The van der Waals surface area contributed by atoms with Crippen LogP contribution in [0.4, 0.5) is 0 Å². The summed E-state index contributed by atoms with van der Waals surface area (Å²) in [5.74, 6) is -0.190. The topological polar surface area (TPSA) is 54.9 Å². The van der Waals surface area contributed by atoms with E-state index in [1.54, 1.807) is 0 Å². The summed E-state index contributed by atoms with van der Waals surface area (Å²) in [7, 11) is 0. The molecule has 1 aromatic heterocycles. The number of halogens is 1. The molecule has 0 radical (unpaired) electrons. The molecule has 1 atom stereocenters. The van der Waals surface area contributed by atoms with E-state index in [0.29, 0.717) is 0 Å². The van der Waals surface area contributed by atoms with Gasteiger partial charge in [0.1, 0.15) is 10.8 Å². The van der Waals surface area contributed by atoms with Crippen LogP contribution in [0.2, 0.25) is 5.15 Å². The standard InChI is InChI=1S/C13H18ClN3O/c1-13(2)6-4-3-5-10(13)17-12(18)9-7-15-8-11(14)16-9/h7-8,10H,3-6H2,1-2H3,(H,17,18). The Kier molecular flexibility index (Phi) is 3.85. The molecule has 0 bridgehead atoms. The van der Waals surface area contributed by atoms with Gasteiger partial charge in [-0.15, -0.1) is 0 Å². The molecule has 0 aromatic carbocycles. The molecule has 1 fully saturated rings. The molecule has 0 spiro atoms. The normalized spacial score (nSPS) is 22.5. The first-order valence-electron chi connectivity index (χ1n) is 6.27. The number of nitrogens with zero attached hydrogens (tertiary/aromatic N) is 2. The predicted octanol–water partition coefficient (Wildman–Crippen LogP) is 2.83. The molecule has 1 aliphatic carbocycles. The molecule has 1 saturated carbocycles. The Bertz CT molecular complexity index is 448. The Hall–Kier alpha value is -1.16. The summed E-state index contributed by atoms with van der Waals surface area (Å²) >= 11 is 5.73. The van der Waals surface area contributed by atoms with Crippen LogP contribution in [0.25, 0.3) is 0 Å². The SMILES string of the molecule is CC1(C)CCCCC1NC(=O)c1cncc(Cl)n1. The molecule has 1 aliphatic rings. The lowest BCUT2D eigenvalue weighted by Gasteiger charge is -2.38. The first-order chi connectivity index (χ1) is 8.49. The second kappa shape index (κ2) is 5.22. The minimum absolute atomic E-state index is 0.139. The average molecular weight is 268 g/mol. The third kappa shape index (κ3) is 2.99. The van der Waals surface area contributed by atoms with E-state index >= 15 is 0 Å². The van der Waals surface area contributed by atoms with Crippen LogP contribution in [0, 0.1) is 5.41 Å². The summed E-state index contributed by atoms with van der Waals surface area (Å²) in [5.41, 5.74) is 0.420. The van der Waals surface area contributed by atoms with Gasteiger partial charge in [-0.05, 0) is 18.3 Å². The van der Waals surface area contributed by atoms with E-state index in [-0.39, 0.29) is 28.2 Å². The van der Waals surface area contributed by atoms with Gasteiger partial charge in [0.2, 0.25) is 0 Å². The molecule has 1 amide bonds. The summed E-state index contributed by atoms with van der Waals surface area (Å²) in [4.78, 5) is 19.9. The summed E-state index contributed by atoms with van der Waals surface area (Å²) in [6.45, 7) is 4.39. The Morgan fingerprint density at radius 2 is 2.22 bits per heavy atom. The van der Waals surface area contributed by atoms with Crippen LogP contribution in [0.5, 0.6) is 0 Å². The minimum Gasteiger partial charge on any atom is -0.347 e. The monoisotopic (exact) mass is 267 g/mol. The maximum atomic E-state index is 12.1. The van der Waals surface area contributed by atoms with E-state index < -0.39 is 0 Å². The van der Waals surface area contributed by atoms with Crippen molar-refractivity contribution in [3.8, 4) is 0 Å². The zero-order valence-electron chi connectivity index (χ0n) is 10.7. The van der Waals surface area contributed by atoms with E-state index in [1.165, 1.54) is 18.8 Å². The molecule has 1 aromatic rings. The number of rotatable bonds is 2. The molecule has 1 heterocycles. The van der Waals surface area contributed by atoms with Crippen molar-refractivity contribution in [2.24, 2.45) is 5.41 Å². The third-order valence-corrected chi connectivity index (χ3v) is 3.83. The lowest BCUT2D eigenvalue weighted by molar-refractivity contribution is 0.0848. The van der Waals surface area contributed by atoms with Gasteiger partial charge < -0.3 is 5.32 Å². The van der Waals surface area contributed by atoms with Crippen LogP contribution in [-0.4, -0.2) is 21.9 Å². The molecule has 98 valence electrons. The van der Waals surface area contributed by atoms with Gasteiger partial charge in [-0.1, -0.05) is 38.3 Å². The van der Waals surface area contributed by atoms with Gasteiger partial charge in [-0.2, -0.15) is 0 Å². The third-order valence-electron chi connectivity index (χ3n) is 3.65. The van der Waals surface area contributed by atoms with Crippen LogP contribution >= 0.6 is 11.6 Å². The van der Waals surface area contributed by atoms with E-state index in [9.17, 15) is 4.79 Å². The average Bonchev–Trinajstić information content (AvgIpc) is 2.31. The Morgan fingerprint density at radius 3 is 2.89 bits per heavy atom. The Balaban J connectivity index is 2.07. The zero-order chi connectivity index (χ0) is 13.2. The molecule has 4 nitrogen and oxygen atoms in total. The van der Waals surface area contributed by atoms with Crippen molar-refractivity contribution in [3.05, 3.63) is 23.2 Å². The van der Waals surface area contributed by atoms with Gasteiger partial charge in [0.15, 0.2) is 0 Å². The molecule has 0 aliphatic heterocycles. The van der Waals surface area contributed by atoms with Crippen LogP contribution in [0.1, 0.15) is 50.0 Å². The first kappa shape index (κ1) is 13.3. The van der Waals surface area contributed by atoms with Crippen molar-refractivity contribution < 1.29 is 4.79 Å². The number of amides is 1. The highest BCUT2D eigenvalue weighted by Crippen LogP contribution is 2.35. The smallest absolute Gasteiger partial charge is 0.271 e. The van der Waals surface area contributed by atoms with Crippen LogP contribution in [0.3, 0.4) is 0 Å². The van der Waals surface area contributed by atoms with Crippen molar-refractivity contribution in [1.29, 1.82) is 0 Å². The summed E-state index contributed by atoms with van der Waals surface area (Å²) in [6.07, 6.45) is 7.41.